The first-order chi connectivity index (χ1) is 16.8. The molecule has 1 aliphatic heterocycles. The van der Waals surface area contributed by atoms with Crippen molar-refractivity contribution in [1.29, 1.82) is 0 Å². The number of hydrogen-bond donors (Lipinski definition) is 2. The zero-order valence-electron chi connectivity index (χ0n) is 19.8. The zero-order chi connectivity index (χ0) is 25.0. The van der Waals surface area contributed by atoms with Gasteiger partial charge in [-0.2, -0.15) is 13.2 Å². The molecule has 9 heteroatoms. The lowest BCUT2D eigenvalue weighted by Crippen LogP contribution is -2.45. The van der Waals surface area contributed by atoms with Gasteiger partial charge in [0.25, 0.3) is 0 Å². The third-order valence-corrected chi connectivity index (χ3v) is 6.56. The second-order valence-corrected chi connectivity index (χ2v) is 9.11. The Labute approximate surface area is 203 Å². The molecule has 0 atom stereocenters. The van der Waals surface area contributed by atoms with Crippen molar-refractivity contribution in [3.05, 3.63) is 64.7 Å². The Balaban J connectivity index is 1.62. The van der Waals surface area contributed by atoms with Gasteiger partial charge in [-0.15, -0.1) is 0 Å². The fourth-order valence-electron chi connectivity index (χ4n) is 4.51. The first-order valence-corrected chi connectivity index (χ1v) is 12.0. The van der Waals surface area contributed by atoms with Crippen molar-refractivity contribution in [3.8, 4) is 0 Å². The number of alkyl halides is 3. The van der Waals surface area contributed by atoms with Gasteiger partial charge in [0, 0.05) is 37.8 Å². The van der Waals surface area contributed by atoms with E-state index in [-0.39, 0.29) is 42.9 Å². The van der Waals surface area contributed by atoms with Crippen molar-refractivity contribution >= 4 is 17.5 Å². The Morgan fingerprint density at radius 1 is 1.11 bits per heavy atom. The Bertz CT molecular complexity index is 1070. The van der Waals surface area contributed by atoms with Gasteiger partial charge in [-0.3, -0.25) is 9.59 Å². The van der Waals surface area contributed by atoms with E-state index >= 15 is 0 Å². The summed E-state index contributed by atoms with van der Waals surface area (Å²) in [6.45, 7) is 1.75. The van der Waals surface area contributed by atoms with Crippen LogP contribution in [-0.2, 0) is 35.3 Å². The molecule has 2 N–H and O–H groups in total. The minimum Gasteiger partial charge on any atom is -0.336 e. The highest BCUT2D eigenvalue weighted by Crippen LogP contribution is 2.36. The van der Waals surface area contributed by atoms with E-state index in [1.807, 2.05) is 18.2 Å². The SMILES string of the molecule is CNCCN(Cc1ccccc1C(F)(F)F)C(=O)CN(C(=O)C1CC1)c1cccc2c1CCNC2. The minimum atomic E-state index is -4.51. The van der Waals surface area contributed by atoms with E-state index in [2.05, 4.69) is 10.6 Å². The second-order valence-electron chi connectivity index (χ2n) is 9.11. The smallest absolute Gasteiger partial charge is 0.336 e. The van der Waals surface area contributed by atoms with Crippen LogP contribution in [-0.4, -0.2) is 49.9 Å². The van der Waals surface area contributed by atoms with Gasteiger partial charge in [-0.05, 0) is 61.7 Å². The maximum Gasteiger partial charge on any atom is 0.416 e. The lowest BCUT2D eigenvalue weighted by molar-refractivity contribution is -0.139. The van der Waals surface area contributed by atoms with E-state index in [1.54, 1.807) is 18.0 Å². The summed E-state index contributed by atoms with van der Waals surface area (Å²) in [5, 5.41) is 6.28. The van der Waals surface area contributed by atoms with Crippen LogP contribution in [0.4, 0.5) is 18.9 Å². The number of carbonyl (C=O) groups excluding carboxylic acids is 2. The van der Waals surface area contributed by atoms with E-state index in [1.165, 1.54) is 17.0 Å². The molecule has 1 aliphatic carbocycles. The number of anilines is 1. The van der Waals surface area contributed by atoms with Gasteiger partial charge in [0.2, 0.25) is 11.8 Å². The topological polar surface area (TPSA) is 64.7 Å². The van der Waals surface area contributed by atoms with Gasteiger partial charge in [0.1, 0.15) is 6.54 Å². The quantitative estimate of drug-likeness (QED) is 0.569. The Morgan fingerprint density at radius 2 is 1.89 bits per heavy atom. The molecule has 0 radical (unpaired) electrons. The number of hydrogen-bond acceptors (Lipinski definition) is 4. The average molecular weight is 489 g/mol. The summed E-state index contributed by atoms with van der Waals surface area (Å²) in [6.07, 6.45) is -2.18. The number of fused-ring (bicyclic) bond motifs is 1. The van der Waals surface area contributed by atoms with Crippen LogP contribution in [0.3, 0.4) is 0 Å². The molecule has 188 valence electrons. The summed E-state index contributed by atoms with van der Waals surface area (Å²) in [6, 6.07) is 11.1. The highest BCUT2D eigenvalue weighted by molar-refractivity contribution is 6.01. The Hall–Kier alpha value is -2.91. The van der Waals surface area contributed by atoms with E-state index in [0.29, 0.717) is 13.1 Å². The van der Waals surface area contributed by atoms with Crippen molar-refractivity contribution in [3.63, 3.8) is 0 Å². The standard InChI is InChI=1S/C26H31F3N4O2/c1-30-13-14-32(16-20-5-2-3-7-22(20)26(27,28)29)24(34)17-33(25(35)18-9-10-18)23-8-4-6-19-15-31-12-11-21(19)23/h2-8,18,30-31H,9-17H2,1H3. The maximum absolute atomic E-state index is 13.6. The first-order valence-electron chi connectivity index (χ1n) is 12.0. The van der Waals surface area contributed by atoms with Crippen LogP contribution in [0, 0.1) is 5.92 Å². The number of halogens is 3. The van der Waals surface area contributed by atoms with Crippen LogP contribution >= 0.6 is 0 Å². The summed E-state index contributed by atoms with van der Waals surface area (Å²) in [7, 11) is 1.72. The maximum atomic E-state index is 13.6. The van der Waals surface area contributed by atoms with Crippen LogP contribution < -0.4 is 15.5 Å². The monoisotopic (exact) mass is 488 g/mol. The molecule has 1 fully saturated rings. The average Bonchev–Trinajstić information content (AvgIpc) is 3.69. The molecule has 0 unspecified atom stereocenters. The molecular weight excluding hydrogens is 457 g/mol. The van der Waals surface area contributed by atoms with Crippen LogP contribution in [0.25, 0.3) is 0 Å². The normalized spacial score (nSPS) is 15.4. The van der Waals surface area contributed by atoms with E-state index in [4.69, 9.17) is 0 Å². The molecule has 2 aromatic carbocycles. The van der Waals surface area contributed by atoms with Crippen molar-refractivity contribution in [2.75, 3.05) is 38.1 Å². The van der Waals surface area contributed by atoms with Crippen molar-refractivity contribution in [2.24, 2.45) is 5.92 Å². The third kappa shape index (κ3) is 6.02. The molecule has 2 aromatic rings. The van der Waals surface area contributed by atoms with Crippen LogP contribution in [0.15, 0.2) is 42.5 Å². The summed E-state index contributed by atoms with van der Waals surface area (Å²) in [4.78, 5) is 29.8. The molecule has 35 heavy (non-hydrogen) atoms. The minimum absolute atomic E-state index is 0.0349. The van der Waals surface area contributed by atoms with Gasteiger partial charge in [-0.1, -0.05) is 30.3 Å². The number of nitrogens with one attached hydrogen (secondary N) is 2. The van der Waals surface area contributed by atoms with Gasteiger partial charge in [0.05, 0.1) is 5.56 Å². The number of carbonyl (C=O) groups is 2. The summed E-state index contributed by atoms with van der Waals surface area (Å²) >= 11 is 0. The van der Waals surface area contributed by atoms with Gasteiger partial charge in [0.15, 0.2) is 0 Å². The summed E-state index contributed by atoms with van der Waals surface area (Å²) < 4.78 is 40.7. The lowest BCUT2D eigenvalue weighted by atomic mass is 9.98. The molecular formula is C26H31F3N4O2. The molecule has 6 nitrogen and oxygen atoms in total. The number of benzene rings is 2. The fourth-order valence-corrected chi connectivity index (χ4v) is 4.51. The third-order valence-electron chi connectivity index (χ3n) is 6.56. The zero-order valence-corrected chi connectivity index (χ0v) is 19.8. The van der Waals surface area contributed by atoms with Crippen LogP contribution in [0.2, 0.25) is 0 Å². The molecule has 0 bridgehead atoms. The largest absolute Gasteiger partial charge is 0.416 e. The van der Waals surface area contributed by atoms with E-state index in [0.717, 1.165) is 48.7 Å². The number of amides is 2. The molecule has 1 heterocycles. The number of nitrogens with zero attached hydrogens (tertiary/aromatic N) is 2. The predicted octanol–water partition coefficient (Wildman–Crippen LogP) is 3.34. The summed E-state index contributed by atoms with van der Waals surface area (Å²) in [5.41, 5.74) is 2.17. The lowest BCUT2D eigenvalue weighted by Gasteiger charge is -2.31. The van der Waals surface area contributed by atoms with Crippen LogP contribution in [0.5, 0.6) is 0 Å². The van der Waals surface area contributed by atoms with Gasteiger partial charge >= 0.3 is 6.18 Å². The second kappa shape index (κ2) is 10.8. The fraction of sp³-hybridized carbons (Fsp3) is 0.462. The molecule has 2 aliphatic rings. The molecule has 0 spiro atoms. The van der Waals surface area contributed by atoms with Gasteiger partial charge in [-0.25, -0.2) is 0 Å². The van der Waals surface area contributed by atoms with Crippen molar-refractivity contribution in [2.45, 2.75) is 38.5 Å². The molecule has 4 rings (SSSR count). The van der Waals surface area contributed by atoms with E-state index < -0.39 is 11.7 Å². The Kier molecular flexibility index (Phi) is 7.76. The van der Waals surface area contributed by atoms with Gasteiger partial charge < -0.3 is 20.4 Å². The number of rotatable bonds is 9. The van der Waals surface area contributed by atoms with Crippen molar-refractivity contribution < 1.29 is 22.8 Å². The summed E-state index contributed by atoms with van der Waals surface area (Å²) in [5.74, 6) is -0.565. The van der Waals surface area contributed by atoms with Crippen molar-refractivity contribution in [1.82, 2.24) is 15.5 Å². The highest BCUT2D eigenvalue weighted by Gasteiger charge is 2.37. The molecule has 0 saturated heterocycles. The highest BCUT2D eigenvalue weighted by atomic mass is 19.4. The molecule has 1 saturated carbocycles. The molecule has 0 aromatic heterocycles. The Morgan fingerprint density at radius 3 is 2.60 bits per heavy atom. The van der Waals surface area contributed by atoms with E-state index in [9.17, 15) is 22.8 Å². The predicted molar refractivity (Wildman–Crippen MR) is 128 cm³/mol. The first kappa shape index (κ1) is 25.2. The molecule has 2 amide bonds. The van der Waals surface area contributed by atoms with Crippen LogP contribution in [0.1, 0.15) is 35.1 Å². The number of likely N-dealkylation sites (N-methyl/N-ethyl adjacent to an activating group) is 1.